The van der Waals surface area contributed by atoms with Gasteiger partial charge in [0.2, 0.25) is 0 Å². The molecule has 1 N–H and O–H groups in total. The van der Waals surface area contributed by atoms with Crippen LogP contribution in [0.25, 0.3) is 21.9 Å². The molecule has 8 heteroatoms. The van der Waals surface area contributed by atoms with Crippen LogP contribution < -0.4 is 15.9 Å². The maximum absolute atomic E-state index is 13.9. The Morgan fingerprint density at radius 2 is 1.89 bits per heavy atom. The van der Waals surface area contributed by atoms with Crippen molar-refractivity contribution in [1.82, 2.24) is 4.57 Å². The number of nitrogens with zero attached hydrogens (tertiary/aromatic N) is 1. The van der Waals surface area contributed by atoms with E-state index >= 15 is 0 Å². The SMILES string of the molecule is CC(=O)c1c2c(c3oc(=O)cc(C)c3c1O)C(c1cc3ccccc3n(CC(C)C)c1=O)CC(=O)O2. The second-order valence-corrected chi connectivity index (χ2v) is 9.67. The predicted molar refractivity (Wildman–Crippen MR) is 134 cm³/mol. The molecular formula is C28H25NO7. The van der Waals surface area contributed by atoms with Gasteiger partial charge >= 0.3 is 11.6 Å². The standard InChI is InChI=1S/C28H25NO7/c1-13(2)12-29-19-8-6-5-7-16(19)10-18(28(29)34)17-11-21(32)36-27-23(15(4)30)25(33)22-14(3)9-20(31)35-26(22)24(17)27/h5-10,13,17,33H,11-12H2,1-4H3. The number of esters is 1. The Labute approximate surface area is 205 Å². The second-order valence-electron chi connectivity index (χ2n) is 9.67. The van der Waals surface area contributed by atoms with Crippen LogP contribution in [0.2, 0.25) is 0 Å². The molecule has 0 aliphatic carbocycles. The predicted octanol–water partition coefficient (Wildman–Crippen LogP) is 4.42. The molecule has 0 saturated carbocycles. The minimum atomic E-state index is -0.858. The number of phenols is 1. The van der Waals surface area contributed by atoms with Crippen LogP contribution in [0, 0.1) is 12.8 Å². The number of hydrogen-bond donors (Lipinski definition) is 1. The molecule has 0 fully saturated rings. The van der Waals surface area contributed by atoms with Crippen LogP contribution >= 0.6 is 0 Å². The van der Waals surface area contributed by atoms with Crippen molar-refractivity contribution < 1.29 is 23.8 Å². The lowest BCUT2D eigenvalue weighted by Crippen LogP contribution is -2.31. The largest absolute Gasteiger partial charge is 0.506 e. The van der Waals surface area contributed by atoms with Crippen molar-refractivity contribution >= 4 is 33.6 Å². The average Bonchev–Trinajstić information content (AvgIpc) is 2.79. The van der Waals surface area contributed by atoms with Crippen molar-refractivity contribution in [3.05, 3.63) is 79.4 Å². The number of ether oxygens (including phenoxy) is 1. The monoisotopic (exact) mass is 487 g/mol. The number of aromatic nitrogens is 1. The molecule has 184 valence electrons. The third-order valence-electron chi connectivity index (χ3n) is 6.59. The number of hydrogen-bond acceptors (Lipinski definition) is 7. The van der Waals surface area contributed by atoms with Crippen molar-refractivity contribution in [2.24, 2.45) is 5.92 Å². The van der Waals surface area contributed by atoms with Gasteiger partial charge in [0, 0.05) is 29.7 Å². The highest BCUT2D eigenvalue weighted by atomic mass is 16.5. The van der Waals surface area contributed by atoms with Gasteiger partial charge in [0.1, 0.15) is 16.9 Å². The Kier molecular flexibility index (Phi) is 5.54. The van der Waals surface area contributed by atoms with Gasteiger partial charge in [0.15, 0.2) is 11.5 Å². The number of phenolic OH excluding ortho intramolecular Hbond substituents is 1. The highest BCUT2D eigenvalue weighted by molar-refractivity contribution is 6.09. The lowest BCUT2D eigenvalue weighted by atomic mass is 9.82. The van der Waals surface area contributed by atoms with Crippen LogP contribution in [0.3, 0.4) is 0 Å². The number of aryl methyl sites for hydroxylation is 1. The Morgan fingerprint density at radius 3 is 2.58 bits per heavy atom. The van der Waals surface area contributed by atoms with Gasteiger partial charge < -0.3 is 18.8 Å². The number of pyridine rings is 1. The number of benzene rings is 2. The van der Waals surface area contributed by atoms with E-state index in [1.807, 2.05) is 38.1 Å². The summed E-state index contributed by atoms with van der Waals surface area (Å²) in [4.78, 5) is 51.7. The zero-order chi connectivity index (χ0) is 25.9. The molecule has 2 aromatic heterocycles. The fraction of sp³-hybridized carbons (Fsp3) is 0.286. The molecule has 0 radical (unpaired) electrons. The number of rotatable bonds is 4. The number of para-hydroxylation sites is 1. The number of carbonyl (C=O) groups is 2. The lowest BCUT2D eigenvalue weighted by molar-refractivity contribution is -0.135. The molecule has 0 saturated heterocycles. The molecular weight excluding hydrogens is 462 g/mol. The van der Waals surface area contributed by atoms with Crippen LogP contribution in [0.4, 0.5) is 0 Å². The smallest absolute Gasteiger partial charge is 0.336 e. The maximum Gasteiger partial charge on any atom is 0.336 e. The molecule has 0 spiro atoms. The zero-order valence-electron chi connectivity index (χ0n) is 20.4. The summed E-state index contributed by atoms with van der Waals surface area (Å²) in [7, 11) is 0. The average molecular weight is 488 g/mol. The third-order valence-corrected chi connectivity index (χ3v) is 6.59. The highest BCUT2D eigenvalue weighted by Gasteiger charge is 2.38. The van der Waals surface area contributed by atoms with Gasteiger partial charge in [0.05, 0.1) is 17.3 Å². The van der Waals surface area contributed by atoms with Crippen molar-refractivity contribution in [1.29, 1.82) is 0 Å². The summed E-state index contributed by atoms with van der Waals surface area (Å²) < 4.78 is 12.7. The van der Waals surface area contributed by atoms with E-state index in [1.165, 1.54) is 13.0 Å². The van der Waals surface area contributed by atoms with Crippen LogP contribution in [-0.4, -0.2) is 21.4 Å². The van der Waals surface area contributed by atoms with E-state index in [0.29, 0.717) is 17.7 Å². The Bertz CT molecular complexity index is 1710. The molecule has 2 aromatic carbocycles. The summed E-state index contributed by atoms with van der Waals surface area (Å²) >= 11 is 0. The molecule has 0 bridgehead atoms. The molecule has 3 heterocycles. The summed E-state index contributed by atoms with van der Waals surface area (Å²) in [5.74, 6) is -2.48. The van der Waals surface area contributed by atoms with E-state index in [1.54, 1.807) is 17.6 Å². The van der Waals surface area contributed by atoms with E-state index in [4.69, 9.17) is 9.15 Å². The van der Waals surface area contributed by atoms with Gasteiger partial charge in [-0.15, -0.1) is 0 Å². The molecule has 1 aliphatic rings. The lowest BCUT2D eigenvalue weighted by Gasteiger charge is -2.28. The van der Waals surface area contributed by atoms with Gasteiger partial charge in [-0.2, -0.15) is 0 Å². The summed E-state index contributed by atoms with van der Waals surface area (Å²) in [5, 5.41) is 12.0. The third kappa shape index (κ3) is 3.61. The quantitative estimate of drug-likeness (QED) is 0.196. The molecule has 1 atom stereocenters. The van der Waals surface area contributed by atoms with Gasteiger partial charge in [-0.1, -0.05) is 32.0 Å². The van der Waals surface area contributed by atoms with Gasteiger partial charge in [-0.25, -0.2) is 4.79 Å². The summed E-state index contributed by atoms with van der Waals surface area (Å²) in [6.07, 6.45) is -0.197. The first-order valence-electron chi connectivity index (χ1n) is 11.8. The van der Waals surface area contributed by atoms with Gasteiger partial charge in [-0.05, 0) is 42.8 Å². The first-order valence-corrected chi connectivity index (χ1v) is 11.8. The molecule has 8 nitrogen and oxygen atoms in total. The van der Waals surface area contributed by atoms with Crippen LogP contribution in [0.1, 0.15) is 60.2 Å². The van der Waals surface area contributed by atoms with Crippen molar-refractivity contribution in [3.63, 3.8) is 0 Å². The van der Waals surface area contributed by atoms with E-state index < -0.39 is 29.0 Å². The van der Waals surface area contributed by atoms with E-state index in [-0.39, 0.29) is 45.7 Å². The number of ketones is 1. The first-order chi connectivity index (χ1) is 17.1. The molecule has 36 heavy (non-hydrogen) atoms. The summed E-state index contributed by atoms with van der Waals surface area (Å²) in [5.41, 5.74) is 0.581. The molecule has 0 amide bonds. The maximum atomic E-state index is 13.9. The number of fused-ring (bicyclic) bond motifs is 4. The summed E-state index contributed by atoms with van der Waals surface area (Å²) in [6, 6.07) is 10.4. The zero-order valence-corrected chi connectivity index (χ0v) is 20.4. The van der Waals surface area contributed by atoms with Gasteiger partial charge in [-0.3, -0.25) is 14.4 Å². The minimum absolute atomic E-state index is 0.00188. The Hall–Kier alpha value is -4.20. The van der Waals surface area contributed by atoms with E-state index in [0.717, 1.165) is 10.9 Å². The number of aromatic hydroxyl groups is 1. The van der Waals surface area contributed by atoms with E-state index in [9.17, 15) is 24.3 Å². The first kappa shape index (κ1) is 23.5. The highest BCUT2D eigenvalue weighted by Crippen LogP contribution is 2.49. The molecule has 1 aliphatic heterocycles. The van der Waals surface area contributed by atoms with Crippen molar-refractivity contribution in [3.8, 4) is 11.5 Å². The minimum Gasteiger partial charge on any atom is -0.506 e. The number of carbonyl (C=O) groups excluding carboxylic acids is 2. The van der Waals surface area contributed by atoms with Crippen LogP contribution in [-0.2, 0) is 11.3 Å². The van der Waals surface area contributed by atoms with Crippen LogP contribution in [0.5, 0.6) is 11.5 Å². The molecule has 4 aromatic rings. The van der Waals surface area contributed by atoms with Crippen molar-refractivity contribution in [2.75, 3.05) is 0 Å². The van der Waals surface area contributed by atoms with Gasteiger partial charge in [0.25, 0.3) is 5.56 Å². The topological polar surface area (TPSA) is 116 Å². The van der Waals surface area contributed by atoms with E-state index in [2.05, 4.69) is 0 Å². The second kappa shape index (κ2) is 8.48. The molecule has 1 unspecified atom stereocenters. The molecule has 5 rings (SSSR count). The fourth-order valence-corrected chi connectivity index (χ4v) is 5.15. The summed E-state index contributed by atoms with van der Waals surface area (Å²) in [6.45, 7) is 7.34. The Balaban J connectivity index is 1.94. The van der Waals surface area contributed by atoms with Crippen LogP contribution in [0.15, 0.2) is 50.4 Å². The fourth-order valence-electron chi connectivity index (χ4n) is 5.15. The normalized spacial score (nSPS) is 15.4. The van der Waals surface area contributed by atoms with Crippen molar-refractivity contribution in [2.45, 2.75) is 46.6 Å². The Morgan fingerprint density at radius 1 is 1.17 bits per heavy atom. The number of Topliss-reactive ketones (excluding diaryl/α,β-unsaturated/α-hetero) is 1.